The summed E-state index contributed by atoms with van der Waals surface area (Å²) in [5, 5.41) is 3.08. The molecule has 5 nitrogen and oxygen atoms in total. The monoisotopic (exact) mass is 234 g/mol. The van der Waals surface area contributed by atoms with Crippen molar-refractivity contribution in [2.24, 2.45) is 0 Å². The van der Waals surface area contributed by atoms with E-state index in [4.69, 9.17) is 0 Å². The van der Waals surface area contributed by atoms with Crippen LogP contribution in [0.3, 0.4) is 0 Å². The normalized spacial score (nSPS) is 25.8. The van der Waals surface area contributed by atoms with Gasteiger partial charge in [-0.05, 0) is 39.3 Å². The lowest BCUT2D eigenvalue weighted by molar-refractivity contribution is -0.120. The van der Waals surface area contributed by atoms with E-state index < -0.39 is 0 Å². The molecule has 2 unspecified atom stereocenters. The van der Waals surface area contributed by atoms with Crippen LogP contribution in [-0.4, -0.2) is 35.0 Å². The first kappa shape index (κ1) is 12.0. The molecule has 1 amide bonds. The van der Waals surface area contributed by atoms with Gasteiger partial charge in [-0.2, -0.15) is 0 Å². The molecule has 1 aliphatic heterocycles. The largest absolute Gasteiger partial charge is 0.309 e. The van der Waals surface area contributed by atoms with Gasteiger partial charge in [-0.25, -0.2) is 9.97 Å². The molecule has 0 aromatic carbocycles. The molecule has 5 heteroatoms. The topological polar surface area (TPSA) is 58.1 Å². The summed E-state index contributed by atoms with van der Waals surface area (Å²) in [6.07, 6.45) is 6.10. The van der Waals surface area contributed by atoms with E-state index in [0.29, 0.717) is 5.82 Å². The van der Waals surface area contributed by atoms with Gasteiger partial charge >= 0.3 is 0 Å². The van der Waals surface area contributed by atoms with Gasteiger partial charge in [-0.1, -0.05) is 0 Å². The van der Waals surface area contributed by atoms with Crippen molar-refractivity contribution in [2.45, 2.75) is 38.3 Å². The molecule has 1 saturated heterocycles. The van der Waals surface area contributed by atoms with Crippen molar-refractivity contribution in [3.05, 3.63) is 18.6 Å². The Morgan fingerprint density at radius 1 is 1.47 bits per heavy atom. The third kappa shape index (κ3) is 2.44. The fourth-order valence-corrected chi connectivity index (χ4v) is 2.29. The molecule has 1 N–H and O–H groups in total. The Labute approximate surface area is 101 Å². The van der Waals surface area contributed by atoms with E-state index in [1.807, 2.05) is 7.05 Å². The number of likely N-dealkylation sites (N-methyl/N-ethyl adjacent to an activating group) is 1. The van der Waals surface area contributed by atoms with E-state index in [1.54, 1.807) is 17.2 Å². The Morgan fingerprint density at radius 2 is 2.29 bits per heavy atom. The second-order valence-electron chi connectivity index (χ2n) is 4.40. The van der Waals surface area contributed by atoms with Crippen LogP contribution in [0.25, 0.3) is 0 Å². The molecule has 1 aromatic heterocycles. The van der Waals surface area contributed by atoms with Gasteiger partial charge in [0.1, 0.15) is 12.1 Å². The maximum atomic E-state index is 12.4. The van der Waals surface area contributed by atoms with Crippen molar-refractivity contribution >= 4 is 11.7 Å². The zero-order valence-corrected chi connectivity index (χ0v) is 10.3. The maximum Gasteiger partial charge on any atom is 0.245 e. The van der Waals surface area contributed by atoms with Crippen LogP contribution in [-0.2, 0) is 4.79 Å². The van der Waals surface area contributed by atoms with Gasteiger partial charge < -0.3 is 5.32 Å². The fourth-order valence-electron chi connectivity index (χ4n) is 2.29. The molecule has 0 radical (unpaired) electrons. The number of hydrogen-bond donors (Lipinski definition) is 1. The lowest BCUT2D eigenvalue weighted by Crippen LogP contribution is -2.47. The van der Waals surface area contributed by atoms with Crippen molar-refractivity contribution in [1.82, 2.24) is 15.3 Å². The Kier molecular flexibility index (Phi) is 3.68. The molecule has 92 valence electrons. The summed E-state index contributed by atoms with van der Waals surface area (Å²) in [7, 11) is 1.83. The van der Waals surface area contributed by atoms with Gasteiger partial charge in [-0.3, -0.25) is 9.69 Å². The quantitative estimate of drug-likeness (QED) is 0.828. The van der Waals surface area contributed by atoms with Crippen LogP contribution < -0.4 is 10.2 Å². The SMILES string of the molecule is CNC1CCCC(C)N(c2ccncn2)C1=O. The number of anilines is 1. The Hall–Kier alpha value is -1.49. The molecule has 0 saturated carbocycles. The third-order valence-electron chi connectivity index (χ3n) is 3.25. The standard InChI is InChI=1S/C12H18N4O/c1-9-4-3-5-10(13-2)12(17)16(9)11-6-7-14-8-15-11/h6-10,13H,3-5H2,1-2H3. The molecule has 0 spiro atoms. The van der Waals surface area contributed by atoms with E-state index in [9.17, 15) is 4.79 Å². The van der Waals surface area contributed by atoms with Gasteiger partial charge in [-0.15, -0.1) is 0 Å². The van der Waals surface area contributed by atoms with Crippen LogP contribution in [0.4, 0.5) is 5.82 Å². The summed E-state index contributed by atoms with van der Waals surface area (Å²) in [4.78, 5) is 22.2. The van der Waals surface area contributed by atoms with E-state index in [1.165, 1.54) is 6.33 Å². The van der Waals surface area contributed by atoms with Crippen LogP contribution in [0.2, 0.25) is 0 Å². The van der Waals surface area contributed by atoms with Crippen molar-refractivity contribution in [3.8, 4) is 0 Å². The predicted octanol–water partition coefficient (Wildman–Crippen LogP) is 0.970. The smallest absolute Gasteiger partial charge is 0.245 e. The summed E-state index contributed by atoms with van der Waals surface area (Å²) in [6.45, 7) is 2.07. The van der Waals surface area contributed by atoms with Crippen molar-refractivity contribution < 1.29 is 4.79 Å². The number of nitrogens with zero attached hydrogens (tertiary/aromatic N) is 3. The summed E-state index contributed by atoms with van der Waals surface area (Å²) in [5.41, 5.74) is 0. The first-order valence-corrected chi connectivity index (χ1v) is 6.00. The zero-order valence-electron chi connectivity index (χ0n) is 10.3. The lowest BCUT2D eigenvalue weighted by Gasteiger charge is -2.28. The van der Waals surface area contributed by atoms with Crippen molar-refractivity contribution in [3.63, 3.8) is 0 Å². The second-order valence-corrected chi connectivity index (χ2v) is 4.40. The number of aromatic nitrogens is 2. The Balaban J connectivity index is 2.31. The highest BCUT2D eigenvalue weighted by Gasteiger charge is 2.31. The maximum absolute atomic E-state index is 12.4. The molecule has 0 aliphatic carbocycles. The van der Waals surface area contributed by atoms with Crippen LogP contribution in [0.1, 0.15) is 26.2 Å². The number of hydrogen-bond acceptors (Lipinski definition) is 4. The average Bonchev–Trinajstić information content (AvgIpc) is 2.49. The predicted molar refractivity (Wildman–Crippen MR) is 65.7 cm³/mol. The Morgan fingerprint density at radius 3 is 2.94 bits per heavy atom. The second kappa shape index (κ2) is 5.23. The number of carbonyl (C=O) groups is 1. The van der Waals surface area contributed by atoms with Gasteiger partial charge in [0.2, 0.25) is 5.91 Å². The molecule has 2 heterocycles. The highest BCUT2D eigenvalue weighted by Crippen LogP contribution is 2.22. The van der Waals surface area contributed by atoms with Crippen LogP contribution >= 0.6 is 0 Å². The third-order valence-corrected chi connectivity index (χ3v) is 3.25. The van der Waals surface area contributed by atoms with Crippen molar-refractivity contribution in [2.75, 3.05) is 11.9 Å². The van der Waals surface area contributed by atoms with E-state index in [2.05, 4.69) is 22.2 Å². The van der Waals surface area contributed by atoms with E-state index in [0.717, 1.165) is 19.3 Å². The lowest BCUT2D eigenvalue weighted by atomic mass is 10.1. The average molecular weight is 234 g/mol. The minimum absolute atomic E-state index is 0.102. The van der Waals surface area contributed by atoms with Crippen molar-refractivity contribution in [1.29, 1.82) is 0 Å². The molecule has 1 fully saturated rings. The number of carbonyl (C=O) groups excluding carboxylic acids is 1. The van der Waals surface area contributed by atoms with Crippen LogP contribution in [0.15, 0.2) is 18.6 Å². The molecule has 2 rings (SSSR count). The molecular weight excluding hydrogens is 216 g/mol. The minimum atomic E-state index is -0.102. The van der Waals surface area contributed by atoms with Gasteiger partial charge in [0.05, 0.1) is 6.04 Å². The summed E-state index contributed by atoms with van der Waals surface area (Å²) in [6, 6.07) is 1.87. The summed E-state index contributed by atoms with van der Waals surface area (Å²) >= 11 is 0. The molecule has 2 atom stereocenters. The zero-order chi connectivity index (χ0) is 12.3. The highest BCUT2D eigenvalue weighted by atomic mass is 16.2. The number of amides is 1. The van der Waals surface area contributed by atoms with E-state index in [-0.39, 0.29) is 18.0 Å². The van der Waals surface area contributed by atoms with Gasteiger partial charge in [0.25, 0.3) is 0 Å². The summed E-state index contributed by atoms with van der Waals surface area (Å²) < 4.78 is 0. The molecule has 17 heavy (non-hydrogen) atoms. The molecule has 1 aliphatic rings. The van der Waals surface area contributed by atoms with Gasteiger partial charge in [0, 0.05) is 12.2 Å². The van der Waals surface area contributed by atoms with E-state index >= 15 is 0 Å². The molecule has 1 aromatic rings. The molecular formula is C12H18N4O. The highest BCUT2D eigenvalue weighted by molar-refractivity contribution is 5.97. The molecule has 0 bridgehead atoms. The van der Waals surface area contributed by atoms with Gasteiger partial charge in [0.15, 0.2) is 0 Å². The van der Waals surface area contributed by atoms with Crippen LogP contribution in [0.5, 0.6) is 0 Å². The minimum Gasteiger partial charge on any atom is -0.309 e. The Bertz CT molecular complexity index is 381. The van der Waals surface area contributed by atoms with Crippen LogP contribution in [0, 0.1) is 0 Å². The first-order valence-electron chi connectivity index (χ1n) is 6.00. The first-order chi connectivity index (χ1) is 8.24. The summed E-state index contributed by atoms with van der Waals surface area (Å²) in [5.74, 6) is 0.802. The fraction of sp³-hybridized carbons (Fsp3) is 0.583. The number of rotatable bonds is 2. The number of nitrogens with one attached hydrogen (secondary N) is 1.